The highest BCUT2D eigenvalue weighted by atomic mass is 16.2. The topological polar surface area (TPSA) is 122 Å². The molecule has 4 aromatic rings. The number of H-pyrrole nitrogens is 1. The van der Waals surface area contributed by atoms with Gasteiger partial charge in [0, 0.05) is 17.7 Å². The first-order chi connectivity index (χ1) is 16.0. The second kappa shape index (κ2) is 6.49. The van der Waals surface area contributed by atoms with Crippen LogP contribution in [0, 0.1) is 26.2 Å². The van der Waals surface area contributed by atoms with E-state index >= 15 is 0 Å². The maximum Gasteiger partial charge on any atom is 0.243 e. The highest BCUT2D eigenvalue weighted by Crippen LogP contribution is 2.53. The molecule has 33 heavy (non-hydrogen) atoms. The molecule has 2 aliphatic rings. The minimum atomic E-state index is -1.22. The zero-order chi connectivity index (χ0) is 22.9. The van der Waals surface area contributed by atoms with Crippen molar-refractivity contribution in [3.63, 3.8) is 0 Å². The van der Waals surface area contributed by atoms with Crippen molar-refractivity contribution < 1.29 is 9.59 Å². The number of nitrogens with one attached hydrogen (secondary N) is 2. The van der Waals surface area contributed by atoms with Crippen molar-refractivity contribution in [2.24, 2.45) is 0 Å². The Balaban J connectivity index is 1.67. The fourth-order valence-electron chi connectivity index (χ4n) is 5.07. The summed E-state index contributed by atoms with van der Waals surface area (Å²) in [5, 5.41) is 7.62. The van der Waals surface area contributed by atoms with Gasteiger partial charge in [-0.2, -0.15) is 9.78 Å². The van der Waals surface area contributed by atoms with E-state index in [9.17, 15) is 9.59 Å². The van der Waals surface area contributed by atoms with Crippen LogP contribution in [0.15, 0.2) is 30.9 Å². The van der Waals surface area contributed by atoms with Crippen LogP contribution in [0.1, 0.15) is 28.8 Å². The molecular weight excluding hydrogens is 420 g/mol. The number of terminal acetylenes is 1. The molecule has 2 aliphatic heterocycles. The minimum absolute atomic E-state index is 0.0356. The van der Waals surface area contributed by atoms with Crippen LogP contribution in [0.4, 0.5) is 11.5 Å². The molecule has 1 spiro atoms. The number of rotatable bonds is 2. The smallest absolute Gasteiger partial charge is 0.243 e. The van der Waals surface area contributed by atoms with Gasteiger partial charge >= 0.3 is 0 Å². The van der Waals surface area contributed by atoms with Crippen molar-refractivity contribution in [1.29, 1.82) is 0 Å². The lowest BCUT2D eigenvalue weighted by Crippen LogP contribution is -2.47. The van der Waals surface area contributed by atoms with E-state index < -0.39 is 5.41 Å². The lowest BCUT2D eigenvalue weighted by molar-refractivity contribution is -0.126. The Morgan fingerprint density at radius 3 is 2.88 bits per heavy atom. The van der Waals surface area contributed by atoms with E-state index in [0.717, 1.165) is 11.1 Å². The van der Waals surface area contributed by atoms with Gasteiger partial charge in [-0.3, -0.25) is 14.5 Å². The number of benzene rings is 1. The van der Waals surface area contributed by atoms with Crippen molar-refractivity contribution in [2.75, 3.05) is 16.8 Å². The minimum Gasteiger partial charge on any atom is -0.340 e. The standard InChI is InChI=1S/C23H18N8O2/c1-4-7-30-15-6-5-12(2)8-14(15)23(22(30)33)9-16(32)28-20-17(23)13(3)29-31(20)21-18-19(25-10-24-18)26-11-27-21/h1,5-6,8,10-11H,7,9H2,2-3H3,(H,28,32)(H,24,25,26,27)/t23-/m1/s1. The second-order valence-corrected chi connectivity index (χ2v) is 8.27. The number of carbonyl (C=O) groups excluding carboxylic acids is 2. The largest absolute Gasteiger partial charge is 0.340 e. The number of hydrogen-bond acceptors (Lipinski definition) is 6. The van der Waals surface area contributed by atoms with Crippen molar-refractivity contribution in [3.8, 4) is 18.2 Å². The molecule has 0 fully saturated rings. The van der Waals surface area contributed by atoms with Crippen LogP contribution < -0.4 is 10.2 Å². The average molecular weight is 438 g/mol. The molecule has 2 N–H and O–H groups in total. The van der Waals surface area contributed by atoms with Gasteiger partial charge in [0.15, 0.2) is 11.5 Å². The normalized spacial score (nSPS) is 19.0. The van der Waals surface area contributed by atoms with Crippen LogP contribution in [-0.4, -0.2) is 48.1 Å². The summed E-state index contributed by atoms with van der Waals surface area (Å²) in [5.41, 5.74) is 3.53. The Bertz CT molecular complexity index is 1540. The van der Waals surface area contributed by atoms with Gasteiger partial charge in [-0.15, -0.1) is 6.42 Å². The molecule has 2 amide bonds. The molecule has 0 saturated carbocycles. The van der Waals surface area contributed by atoms with Crippen LogP contribution in [0.2, 0.25) is 0 Å². The summed E-state index contributed by atoms with van der Waals surface area (Å²) >= 11 is 0. The van der Waals surface area contributed by atoms with Gasteiger partial charge in [-0.25, -0.2) is 15.0 Å². The fourth-order valence-corrected chi connectivity index (χ4v) is 5.07. The van der Waals surface area contributed by atoms with E-state index in [2.05, 4.69) is 31.2 Å². The summed E-state index contributed by atoms with van der Waals surface area (Å²) in [4.78, 5) is 44.4. The van der Waals surface area contributed by atoms with Gasteiger partial charge in [0.2, 0.25) is 11.8 Å². The maximum atomic E-state index is 14.0. The number of nitrogens with zero attached hydrogens (tertiary/aromatic N) is 6. The number of imidazole rings is 1. The predicted molar refractivity (Wildman–Crippen MR) is 120 cm³/mol. The van der Waals surface area contributed by atoms with Crippen LogP contribution in [0.25, 0.3) is 17.0 Å². The van der Waals surface area contributed by atoms with Crippen LogP contribution in [0.5, 0.6) is 0 Å². The number of hydrogen-bond donors (Lipinski definition) is 2. The Labute approximate surface area is 188 Å². The summed E-state index contributed by atoms with van der Waals surface area (Å²) in [6.07, 6.45) is 8.45. The van der Waals surface area contributed by atoms with E-state index in [0.29, 0.717) is 39.7 Å². The third-order valence-electron chi connectivity index (χ3n) is 6.34. The molecule has 0 aliphatic carbocycles. The van der Waals surface area contributed by atoms with Crippen molar-refractivity contribution in [3.05, 3.63) is 53.2 Å². The summed E-state index contributed by atoms with van der Waals surface area (Å²) in [7, 11) is 0. The van der Waals surface area contributed by atoms with Gasteiger partial charge in [0.1, 0.15) is 23.1 Å². The Morgan fingerprint density at radius 1 is 1.21 bits per heavy atom. The lowest BCUT2D eigenvalue weighted by Gasteiger charge is -2.33. The molecule has 1 atom stereocenters. The van der Waals surface area contributed by atoms with E-state index in [1.165, 1.54) is 17.3 Å². The molecule has 5 heterocycles. The molecule has 10 nitrogen and oxygen atoms in total. The van der Waals surface area contributed by atoms with E-state index in [-0.39, 0.29) is 24.8 Å². The summed E-state index contributed by atoms with van der Waals surface area (Å²) in [5.74, 6) is 2.88. The zero-order valence-electron chi connectivity index (χ0n) is 17.9. The Kier molecular flexibility index (Phi) is 3.77. The second-order valence-electron chi connectivity index (χ2n) is 8.27. The fraction of sp³-hybridized carbons (Fsp3) is 0.217. The molecular formula is C23H18N8O2. The van der Waals surface area contributed by atoms with Gasteiger partial charge in [0.25, 0.3) is 0 Å². The highest BCUT2D eigenvalue weighted by Gasteiger charge is 2.58. The van der Waals surface area contributed by atoms with Gasteiger partial charge in [0.05, 0.1) is 18.6 Å². The molecule has 0 bridgehead atoms. The first-order valence-corrected chi connectivity index (χ1v) is 10.4. The summed E-state index contributed by atoms with van der Waals surface area (Å²) in [6.45, 7) is 3.90. The Hall–Kier alpha value is -4.52. The Morgan fingerprint density at radius 2 is 2.06 bits per heavy atom. The van der Waals surface area contributed by atoms with Crippen LogP contribution in [-0.2, 0) is 15.0 Å². The van der Waals surface area contributed by atoms with Crippen molar-refractivity contribution >= 4 is 34.5 Å². The number of aromatic amines is 1. The first kappa shape index (κ1) is 19.2. The van der Waals surface area contributed by atoms with E-state index in [1.807, 2.05) is 32.0 Å². The van der Waals surface area contributed by atoms with E-state index in [1.54, 1.807) is 4.90 Å². The number of aromatic nitrogens is 6. The van der Waals surface area contributed by atoms with Crippen molar-refractivity contribution in [1.82, 2.24) is 29.7 Å². The number of amides is 2. The predicted octanol–water partition coefficient (Wildman–Crippen LogP) is 1.76. The molecule has 162 valence electrons. The molecule has 3 aromatic heterocycles. The molecule has 1 aromatic carbocycles. The number of anilines is 2. The monoisotopic (exact) mass is 438 g/mol. The SMILES string of the molecule is C#CCN1C(=O)[C@]2(CC(=O)Nc3c2c(C)nn3-c2ncnc3nc[nH]c23)c2cc(C)ccc21. The lowest BCUT2D eigenvalue weighted by atomic mass is 9.70. The van der Waals surface area contributed by atoms with Gasteiger partial charge in [-0.05, 0) is 25.5 Å². The van der Waals surface area contributed by atoms with Crippen molar-refractivity contribution in [2.45, 2.75) is 25.7 Å². The molecule has 6 rings (SSSR count). The average Bonchev–Trinajstić information content (AvgIpc) is 3.46. The maximum absolute atomic E-state index is 14.0. The van der Waals surface area contributed by atoms with Gasteiger partial charge < -0.3 is 10.3 Å². The molecule has 0 saturated heterocycles. The van der Waals surface area contributed by atoms with E-state index in [4.69, 9.17) is 11.5 Å². The summed E-state index contributed by atoms with van der Waals surface area (Å²) < 4.78 is 1.54. The number of carbonyl (C=O) groups is 2. The third-order valence-corrected chi connectivity index (χ3v) is 6.34. The quantitative estimate of drug-likeness (QED) is 0.460. The van der Waals surface area contributed by atoms with Gasteiger partial charge in [-0.1, -0.05) is 23.6 Å². The molecule has 10 heteroatoms. The number of fused-ring (bicyclic) bond motifs is 5. The van der Waals surface area contributed by atoms with Crippen LogP contribution >= 0.6 is 0 Å². The molecule has 0 unspecified atom stereocenters. The third kappa shape index (κ3) is 2.39. The summed E-state index contributed by atoms with van der Waals surface area (Å²) in [6, 6.07) is 5.78. The highest BCUT2D eigenvalue weighted by molar-refractivity contribution is 6.16. The molecule has 0 radical (unpaired) electrons. The zero-order valence-corrected chi connectivity index (χ0v) is 17.9. The van der Waals surface area contributed by atoms with Crippen LogP contribution in [0.3, 0.4) is 0 Å². The first-order valence-electron chi connectivity index (χ1n) is 10.4. The number of aryl methyl sites for hydroxylation is 2.